The molecule has 0 aliphatic rings. The van der Waals surface area contributed by atoms with Gasteiger partial charge >= 0.3 is 0 Å². The fourth-order valence-corrected chi connectivity index (χ4v) is 2.61. The van der Waals surface area contributed by atoms with Crippen molar-refractivity contribution in [2.24, 2.45) is 5.10 Å². The largest absolute Gasteiger partial charge is 0.494 e. The molecule has 23 heavy (non-hydrogen) atoms. The average molecular weight is 330 g/mol. The molecular weight excluding hydrogens is 308 g/mol. The molecule has 0 bridgehead atoms. The minimum absolute atomic E-state index is 0.191. The number of nitrogens with one attached hydrogen (secondary N) is 1. The van der Waals surface area contributed by atoms with Crippen LogP contribution in [0.25, 0.3) is 0 Å². The number of thiophene rings is 1. The lowest BCUT2D eigenvalue weighted by atomic mass is 10.2. The summed E-state index contributed by atoms with van der Waals surface area (Å²) < 4.78 is 5.69. The maximum Gasteiger partial charge on any atom is 0.281 e. The lowest BCUT2D eigenvalue weighted by Crippen LogP contribution is -2.16. The molecule has 1 heterocycles. The zero-order chi connectivity index (χ0) is 16.3. The molecule has 0 radical (unpaired) electrons. The van der Waals surface area contributed by atoms with E-state index in [0.29, 0.717) is 4.88 Å². The number of benzene rings is 1. The average Bonchev–Trinajstić information content (AvgIpc) is 3.10. The summed E-state index contributed by atoms with van der Waals surface area (Å²) in [4.78, 5) is 12.4. The highest BCUT2D eigenvalue weighted by Gasteiger charge is 2.03. The quantitative estimate of drug-likeness (QED) is 0.419. The molecular formula is C18H22N2O2S. The van der Waals surface area contributed by atoms with Gasteiger partial charge in [-0.1, -0.05) is 32.3 Å². The number of hydrogen-bond acceptors (Lipinski definition) is 4. The third-order valence-electron chi connectivity index (χ3n) is 3.27. The zero-order valence-electron chi connectivity index (χ0n) is 13.3. The van der Waals surface area contributed by atoms with E-state index in [1.165, 1.54) is 30.6 Å². The first-order chi connectivity index (χ1) is 11.3. The van der Waals surface area contributed by atoms with Crippen molar-refractivity contribution in [3.05, 3.63) is 52.2 Å². The molecule has 0 atom stereocenters. The standard InChI is InChI=1S/C18H22N2O2S/c1-2-3-4-5-12-22-16-10-8-15(9-11-16)14-19-20-18(21)17-7-6-13-23-17/h6-11,13-14H,2-5,12H2,1H3,(H,20,21). The highest BCUT2D eigenvalue weighted by Crippen LogP contribution is 2.12. The summed E-state index contributed by atoms with van der Waals surface area (Å²) in [7, 11) is 0. The Morgan fingerprint density at radius 1 is 1.22 bits per heavy atom. The highest BCUT2D eigenvalue weighted by atomic mass is 32.1. The molecule has 1 aromatic heterocycles. The molecule has 0 aliphatic carbocycles. The second-order valence-electron chi connectivity index (χ2n) is 5.15. The maximum atomic E-state index is 11.7. The second-order valence-corrected chi connectivity index (χ2v) is 6.10. The van der Waals surface area contributed by atoms with E-state index in [2.05, 4.69) is 17.5 Å². The lowest BCUT2D eigenvalue weighted by Gasteiger charge is -2.05. The number of rotatable bonds is 9. The number of nitrogens with zero attached hydrogens (tertiary/aromatic N) is 1. The summed E-state index contributed by atoms with van der Waals surface area (Å²) in [6.45, 7) is 2.95. The van der Waals surface area contributed by atoms with Gasteiger partial charge in [-0.25, -0.2) is 5.43 Å². The second kappa shape index (κ2) is 9.79. The van der Waals surface area contributed by atoms with Crippen LogP contribution < -0.4 is 10.2 Å². The molecule has 2 rings (SSSR count). The van der Waals surface area contributed by atoms with Crippen LogP contribution in [0.3, 0.4) is 0 Å². The van der Waals surface area contributed by atoms with E-state index in [4.69, 9.17) is 4.74 Å². The first kappa shape index (κ1) is 17.2. The smallest absolute Gasteiger partial charge is 0.281 e. The van der Waals surface area contributed by atoms with E-state index in [9.17, 15) is 4.79 Å². The van der Waals surface area contributed by atoms with Gasteiger partial charge in [0.1, 0.15) is 5.75 Å². The lowest BCUT2D eigenvalue weighted by molar-refractivity contribution is 0.0959. The molecule has 5 heteroatoms. The van der Waals surface area contributed by atoms with Gasteiger partial charge in [0.2, 0.25) is 0 Å². The molecule has 2 aromatic rings. The Balaban J connectivity index is 1.74. The van der Waals surface area contributed by atoms with E-state index in [1.807, 2.05) is 35.7 Å². The normalized spacial score (nSPS) is 10.8. The molecule has 1 aromatic carbocycles. The van der Waals surface area contributed by atoms with Gasteiger partial charge in [0.05, 0.1) is 17.7 Å². The van der Waals surface area contributed by atoms with E-state index in [1.54, 1.807) is 12.3 Å². The predicted octanol–water partition coefficient (Wildman–Crippen LogP) is 4.47. The Morgan fingerprint density at radius 2 is 2.04 bits per heavy atom. The SMILES string of the molecule is CCCCCCOc1ccc(C=NNC(=O)c2cccs2)cc1. The van der Waals surface area contributed by atoms with Crippen LogP contribution in [0.4, 0.5) is 0 Å². The van der Waals surface area contributed by atoms with Crippen molar-refractivity contribution >= 4 is 23.5 Å². The van der Waals surface area contributed by atoms with Crippen LogP contribution in [0, 0.1) is 0 Å². The number of carbonyl (C=O) groups excluding carboxylic acids is 1. The molecule has 1 N–H and O–H groups in total. The molecule has 0 aliphatic heterocycles. The van der Waals surface area contributed by atoms with Crippen molar-refractivity contribution in [2.45, 2.75) is 32.6 Å². The van der Waals surface area contributed by atoms with Crippen LogP contribution in [-0.2, 0) is 0 Å². The van der Waals surface area contributed by atoms with Crippen LogP contribution in [0.1, 0.15) is 47.8 Å². The van der Waals surface area contributed by atoms with Crippen molar-refractivity contribution in [1.29, 1.82) is 0 Å². The fourth-order valence-electron chi connectivity index (χ4n) is 2.00. The molecule has 0 spiro atoms. The van der Waals surface area contributed by atoms with E-state index < -0.39 is 0 Å². The molecule has 0 saturated carbocycles. The van der Waals surface area contributed by atoms with Gasteiger partial charge in [0, 0.05) is 0 Å². The molecule has 0 fully saturated rings. The minimum Gasteiger partial charge on any atom is -0.494 e. The number of ether oxygens (including phenoxy) is 1. The van der Waals surface area contributed by atoms with Crippen LogP contribution in [0.15, 0.2) is 46.9 Å². The number of carbonyl (C=O) groups is 1. The van der Waals surface area contributed by atoms with E-state index >= 15 is 0 Å². The van der Waals surface area contributed by atoms with Crippen molar-refractivity contribution in [3.8, 4) is 5.75 Å². The number of hydrazone groups is 1. The Hall–Kier alpha value is -2.14. The Bertz CT molecular complexity index is 606. The highest BCUT2D eigenvalue weighted by molar-refractivity contribution is 7.12. The summed E-state index contributed by atoms with van der Waals surface area (Å²) in [5.41, 5.74) is 3.42. The molecule has 1 amide bonds. The first-order valence-electron chi connectivity index (χ1n) is 7.89. The van der Waals surface area contributed by atoms with Crippen LogP contribution in [0.2, 0.25) is 0 Å². The molecule has 4 nitrogen and oxygen atoms in total. The van der Waals surface area contributed by atoms with Gasteiger partial charge in [-0.05, 0) is 47.7 Å². The van der Waals surface area contributed by atoms with Gasteiger partial charge in [-0.2, -0.15) is 5.10 Å². The summed E-state index contributed by atoms with van der Waals surface area (Å²) in [6.07, 6.45) is 6.42. The predicted molar refractivity (Wildman–Crippen MR) is 95.5 cm³/mol. The van der Waals surface area contributed by atoms with Crippen molar-refractivity contribution < 1.29 is 9.53 Å². The zero-order valence-corrected chi connectivity index (χ0v) is 14.1. The van der Waals surface area contributed by atoms with Crippen molar-refractivity contribution in [2.75, 3.05) is 6.61 Å². The first-order valence-corrected chi connectivity index (χ1v) is 8.77. The molecule has 0 saturated heterocycles. The van der Waals surface area contributed by atoms with Crippen LogP contribution in [-0.4, -0.2) is 18.7 Å². The Morgan fingerprint density at radius 3 is 2.74 bits per heavy atom. The summed E-state index contributed by atoms with van der Waals surface area (Å²) in [5, 5.41) is 5.83. The van der Waals surface area contributed by atoms with Crippen molar-refractivity contribution in [1.82, 2.24) is 5.43 Å². The maximum absolute atomic E-state index is 11.7. The van der Waals surface area contributed by atoms with Crippen LogP contribution in [0.5, 0.6) is 5.75 Å². The van der Waals surface area contributed by atoms with Gasteiger partial charge in [-0.15, -0.1) is 11.3 Å². The molecule has 122 valence electrons. The number of hydrogen-bond donors (Lipinski definition) is 1. The Labute approximate surface area is 141 Å². The number of amides is 1. The summed E-state index contributed by atoms with van der Waals surface area (Å²) in [5.74, 6) is 0.671. The fraction of sp³-hybridized carbons (Fsp3) is 0.333. The van der Waals surface area contributed by atoms with Crippen LogP contribution >= 0.6 is 11.3 Å². The monoisotopic (exact) mass is 330 g/mol. The van der Waals surface area contributed by atoms with Crippen molar-refractivity contribution in [3.63, 3.8) is 0 Å². The number of unbranched alkanes of at least 4 members (excludes halogenated alkanes) is 3. The van der Waals surface area contributed by atoms with Gasteiger partial charge in [0.25, 0.3) is 5.91 Å². The van der Waals surface area contributed by atoms with E-state index in [0.717, 1.165) is 24.3 Å². The summed E-state index contributed by atoms with van der Waals surface area (Å²) >= 11 is 1.39. The third kappa shape index (κ3) is 6.24. The molecule has 0 unspecified atom stereocenters. The van der Waals surface area contributed by atoms with Gasteiger partial charge < -0.3 is 4.74 Å². The summed E-state index contributed by atoms with van der Waals surface area (Å²) in [6, 6.07) is 11.3. The Kier molecular flexibility index (Phi) is 7.33. The van der Waals surface area contributed by atoms with E-state index in [-0.39, 0.29) is 5.91 Å². The minimum atomic E-state index is -0.191. The van der Waals surface area contributed by atoms with Gasteiger partial charge in [-0.3, -0.25) is 4.79 Å². The third-order valence-corrected chi connectivity index (χ3v) is 4.14. The van der Waals surface area contributed by atoms with Gasteiger partial charge in [0.15, 0.2) is 0 Å². The topological polar surface area (TPSA) is 50.7 Å².